The van der Waals surface area contributed by atoms with E-state index in [0.29, 0.717) is 36.6 Å². The van der Waals surface area contributed by atoms with Gasteiger partial charge in [0.1, 0.15) is 5.75 Å². The van der Waals surface area contributed by atoms with E-state index in [-0.39, 0.29) is 18.0 Å². The van der Waals surface area contributed by atoms with Gasteiger partial charge in [-0.2, -0.15) is 4.98 Å². The summed E-state index contributed by atoms with van der Waals surface area (Å²) in [5, 5.41) is 10.8. The topological polar surface area (TPSA) is 92.5 Å². The van der Waals surface area contributed by atoms with E-state index in [2.05, 4.69) is 38.9 Å². The van der Waals surface area contributed by atoms with Crippen molar-refractivity contribution in [2.24, 2.45) is 5.92 Å². The average molecular weight is 520 g/mol. The Kier molecular flexibility index (Phi) is 6.44. The summed E-state index contributed by atoms with van der Waals surface area (Å²) in [6, 6.07) is 8.09. The standard InChI is InChI=1S/C30H41N5O3/c1-2-37-23-15-16-24-25(17-23)35(22-7-4-8-22)27(26(24)29-33-28(34-38-29)19-9-10-19)18-11-13-21(14-12-18)32-30(36)31-20-5-3-6-20/h15-22,26-27H,2-14H2,1H3,(H2,31,32,36). The van der Waals surface area contributed by atoms with Crippen molar-refractivity contribution in [2.75, 3.05) is 11.5 Å². The number of hydrogen-bond donors (Lipinski definition) is 2. The highest BCUT2D eigenvalue weighted by Crippen LogP contribution is 2.53. The van der Waals surface area contributed by atoms with Crippen LogP contribution < -0.4 is 20.3 Å². The quantitative estimate of drug-likeness (QED) is 0.470. The highest BCUT2D eigenvalue weighted by Gasteiger charge is 2.50. The van der Waals surface area contributed by atoms with Crippen molar-refractivity contribution in [1.29, 1.82) is 0 Å². The molecular formula is C30H41N5O3. The van der Waals surface area contributed by atoms with Gasteiger partial charge >= 0.3 is 6.03 Å². The Morgan fingerprint density at radius 3 is 2.37 bits per heavy atom. The van der Waals surface area contributed by atoms with Crippen LogP contribution in [-0.2, 0) is 0 Å². The fourth-order valence-corrected chi connectivity index (χ4v) is 7.11. The number of carbonyl (C=O) groups is 1. The molecule has 7 rings (SSSR count). The number of nitrogens with zero attached hydrogens (tertiary/aromatic N) is 3. The first-order valence-corrected chi connectivity index (χ1v) is 15.1. The maximum Gasteiger partial charge on any atom is 0.315 e. The predicted molar refractivity (Wildman–Crippen MR) is 145 cm³/mol. The van der Waals surface area contributed by atoms with Crippen LogP contribution in [0.2, 0.25) is 0 Å². The van der Waals surface area contributed by atoms with Gasteiger partial charge in [-0.25, -0.2) is 4.79 Å². The maximum atomic E-state index is 12.5. The van der Waals surface area contributed by atoms with Gasteiger partial charge in [0.05, 0.1) is 12.5 Å². The van der Waals surface area contributed by atoms with Crippen LogP contribution >= 0.6 is 0 Å². The van der Waals surface area contributed by atoms with Crippen molar-refractivity contribution in [1.82, 2.24) is 20.8 Å². The lowest BCUT2D eigenvalue weighted by Gasteiger charge is -2.46. The Morgan fingerprint density at radius 1 is 1.00 bits per heavy atom. The molecule has 2 heterocycles. The van der Waals surface area contributed by atoms with Crippen molar-refractivity contribution >= 4 is 11.7 Å². The Bertz CT molecular complexity index is 1150. The number of urea groups is 1. The molecule has 4 saturated carbocycles. The van der Waals surface area contributed by atoms with E-state index < -0.39 is 0 Å². The van der Waals surface area contributed by atoms with Crippen molar-refractivity contribution < 1.29 is 14.1 Å². The third-order valence-electron chi connectivity index (χ3n) is 9.75. The second-order valence-electron chi connectivity index (χ2n) is 12.2. The molecule has 0 saturated heterocycles. The fraction of sp³-hybridized carbons (Fsp3) is 0.700. The summed E-state index contributed by atoms with van der Waals surface area (Å²) in [7, 11) is 0. The number of benzene rings is 1. The maximum absolute atomic E-state index is 12.5. The largest absolute Gasteiger partial charge is 0.494 e. The summed E-state index contributed by atoms with van der Waals surface area (Å²) in [6.07, 6.45) is 13.8. The number of ether oxygens (including phenoxy) is 1. The van der Waals surface area contributed by atoms with Crippen molar-refractivity contribution in [3.05, 3.63) is 35.5 Å². The van der Waals surface area contributed by atoms with Crippen LogP contribution in [0.1, 0.15) is 113 Å². The zero-order chi connectivity index (χ0) is 25.6. The molecule has 2 aromatic rings. The van der Waals surface area contributed by atoms with Crippen molar-refractivity contribution in [3.63, 3.8) is 0 Å². The highest BCUT2D eigenvalue weighted by molar-refractivity contribution is 5.74. The molecule has 2 N–H and O–H groups in total. The highest BCUT2D eigenvalue weighted by atomic mass is 16.5. The lowest BCUT2D eigenvalue weighted by molar-refractivity contribution is 0.200. The fourth-order valence-electron chi connectivity index (χ4n) is 7.11. The predicted octanol–water partition coefficient (Wildman–Crippen LogP) is 5.63. The summed E-state index contributed by atoms with van der Waals surface area (Å²) >= 11 is 0. The molecule has 38 heavy (non-hydrogen) atoms. The zero-order valence-electron chi connectivity index (χ0n) is 22.5. The molecule has 1 aliphatic heterocycles. The average Bonchev–Trinajstić information content (AvgIpc) is 3.52. The Labute approximate surface area is 225 Å². The number of rotatable bonds is 8. The lowest BCUT2D eigenvalue weighted by atomic mass is 9.75. The van der Waals surface area contributed by atoms with Crippen LogP contribution in [0.25, 0.3) is 0 Å². The lowest BCUT2D eigenvalue weighted by Crippen LogP contribution is -2.52. The minimum absolute atomic E-state index is 0.0160. The molecule has 2 unspecified atom stereocenters. The van der Waals surface area contributed by atoms with Crippen LogP contribution in [0.5, 0.6) is 5.75 Å². The van der Waals surface area contributed by atoms with E-state index in [1.807, 2.05) is 6.92 Å². The third-order valence-corrected chi connectivity index (χ3v) is 9.75. The summed E-state index contributed by atoms with van der Waals surface area (Å²) in [5.41, 5.74) is 2.60. The molecule has 0 spiro atoms. The normalized spacial score (nSPS) is 29.3. The van der Waals surface area contributed by atoms with Gasteiger partial charge in [-0.15, -0.1) is 0 Å². The van der Waals surface area contributed by atoms with E-state index in [0.717, 1.165) is 56.0 Å². The third kappa shape index (κ3) is 4.54. The number of carbonyl (C=O) groups excluding carboxylic acids is 1. The Morgan fingerprint density at radius 2 is 1.74 bits per heavy atom. The number of amides is 2. The molecular weight excluding hydrogens is 478 g/mol. The van der Waals surface area contributed by atoms with Gasteiger partial charge in [-0.05, 0) is 102 Å². The van der Waals surface area contributed by atoms with Crippen LogP contribution in [-0.4, -0.2) is 46.9 Å². The number of anilines is 1. The van der Waals surface area contributed by atoms with Gasteiger partial charge < -0.3 is 24.8 Å². The molecule has 8 heteroatoms. The molecule has 5 aliphatic rings. The molecule has 204 valence electrons. The number of fused-ring (bicyclic) bond motifs is 1. The minimum Gasteiger partial charge on any atom is -0.494 e. The van der Waals surface area contributed by atoms with Crippen LogP contribution in [0.4, 0.5) is 10.5 Å². The van der Waals surface area contributed by atoms with Crippen molar-refractivity contribution in [2.45, 2.75) is 120 Å². The minimum atomic E-state index is 0.0160. The molecule has 2 atom stereocenters. The first-order valence-electron chi connectivity index (χ1n) is 15.1. The summed E-state index contributed by atoms with van der Waals surface area (Å²) in [5.74, 6) is 3.67. The number of hydrogen-bond acceptors (Lipinski definition) is 6. The molecule has 2 amide bonds. The number of aromatic nitrogens is 2. The van der Waals surface area contributed by atoms with Gasteiger partial charge in [0.25, 0.3) is 0 Å². The van der Waals surface area contributed by atoms with E-state index in [1.54, 1.807) is 0 Å². The second-order valence-corrected chi connectivity index (χ2v) is 12.2. The molecule has 4 fully saturated rings. The number of nitrogens with one attached hydrogen (secondary N) is 2. The molecule has 1 aromatic carbocycles. The van der Waals surface area contributed by atoms with Crippen LogP contribution in [0, 0.1) is 5.92 Å². The molecule has 1 aromatic heterocycles. The monoisotopic (exact) mass is 519 g/mol. The van der Waals surface area contributed by atoms with E-state index >= 15 is 0 Å². The first kappa shape index (κ1) is 24.3. The van der Waals surface area contributed by atoms with Gasteiger partial charge in [-0.1, -0.05) is 11.2 Å². The van der Waals surface area contributed by atoms with Crippen LogP contribution in [0.15, 0.2) is 22.7 Å². The smallest absolute Gasteiger partial charge is 0.315 e. The van der Waals surface area contributed by atoms with Gasteiger partial charge in [0.2, 0.25) is 5.89 Å². The second kappa shape index (κ2) is 10.1. The van der Waals surface area contributed by atoms with E-state index in [4.69, 9.17) is 14.2 Å². The Balaban J connectivity index is 1.15. The van der Waals surface area contributed by atoms with Gasteiger partial charge in [0.15, 0.2) is 5.82 Å². The van der Waals surface area contributed by atoms with E-state index in [1.165, 1.54) is 49.8 Å². The van der Waals surface area contributed by atoms with E-state index in [9.17, 15) is 4.79 Å². The molecule has 0 radical (unpaired) electrons. The SMILES string of the molecule is CCOc1ccc2c(c1)N(C1CCC1)C(C1CCC(NC(=O)NC3CCC3)CC1)C2c1nc(C2CC2)no1. The van der Waals surface area contributed by atoms with Gasteiger partial charge in [-0.3, -0.25) is 0 Å². The summed E-state index contributed by atoms with van der Waals surface area (Å²) < 4.78 is 12.0. The first-order chi connectivity index (χ1) is 18.7. The summed E-state index contributed by atoms with van der Waals surface area (Å²) in [6.45, 7) is 2.70. The molecule has 0 bridgehead atoms. The molecule has 8 nitrogen and oxygen atoms in total. The zero-order valence-corrected chi connectivity index (χ0v) is 22.5. The van der Waals surface area contributed by atoms with Gasteiger partial charge in [0, 0.05) is 41.8 Å². The molecule has 4 aliphatic carbocycles. The Hall–Kier alpha value is -2.77. The van der Waals surface area contributed by atoms with Crippen LogP contribution in [0.3, 0.4) is 0 Å². The summed E-state index contributed by atoms with van der Waals surface area (Å²) in [4.78, 5) is 20.2. The van der Waals surface area contributed by atoms with Crippen molar-refractivity contribution in [3.8, 4) is 5.75 Å².